The molecular formula is C18H16Cl2N2O3S2. The van der Waals surface area contributed by atoms with Crippen LogP contribution in [-0.4, -0.2) is 23.6 Å². The van der Waals surface area contributed by atoms with Gasteiger partial charge in [0.1, 0.15) is 5.00 Å². The van der Waals surface area contributed by atoms with E-state index in [9.17, 15) is 9.59 Å². The maximum Gasteiger partial charge on any atom is 0.341 e. The number of carbonyl (C=O) groups excluding carboxylic acids is 2. The van der Waals surface area contributed by atoms with Gasteiger partial charge in [0.25, 0.3) is 5.91 Å². The highest BCUT2D eigenvalue weighted by molar-refractivity contribution is 7.80. The van der Waals surface area contributed by atoms with E-state index in [1.165, 1.54) is 23.5 Å². The summed E-state index contributed by atoms with van der Waals surface area (Å²) in [7, 11) is 0. The van der Waals surface area contributed by atoms with E-state index < -0.39 is 5.91 Å². The molecule has 1 aliphatic rings. The van der Waals surface area contributed by atoms with E-state index in [0.29, 0.717) is 22.2 Å². The van der Waals surface area contributed by atoms with Crippen LogP contribution in [0.5, 0.6) is 0 Å². The summed E-state index contributed by atoms with van der Waals surface area (Å²) in [5.74, 6) is -0.842. The zero-order valence-corrected chi connectivity index (χ0v) is 17.5. The lowest BCUT2D eigenvalue weighted by molar-refractivity contribution is 0.0527. The van der Waals surface area contributed by atoms with Crippen molar-refractivity contribution >= 4 is 68.7 Å². The number of rotatable bonds is 4. The normalized spacial score (nSPS) is 12.4. The van der Waals surface area contributed by atoms with Crippen LogP contribution in [0.15, 0.2) is 18.2 Å². The first-order valence-electron chi connectivity index (χ1n) is 8.29. The van der Waals surface area contributed by atoms with Crippen molar-refractivity contribution in [1.29, 1.82) is 0 Å². The van der Waals surface area contributed by atoms with E-state index in [-0.39, 0.29) is 21.7 Å². The fourth-order valence-electron chi connectivity index (χ4n) is 2.89. The summed E-state index contributed by atoms with van der Waals surface area (Å²) in [5, 5.41) is 6.87. The standard InChI is InChI=1S/C18H16Cl2N2O3S2/c1-2-25-17(24)14-11-4-3-5-13(11)27-16(14)22-18(26)21-15(23)10-7-6-9(19)8-12(10)20/h6-8H,2-5H2,1H3,(H2,21,22,23,26). The predicted molar refractivity (Wildman–Crippen MR) is 112 cm³/mol. The Morgan fingerprint density at radius 2 is 2.07 bits per heavy atom. The van der Waals surface area contributed by atoms with Crippen molar-refractivity contribution in [3.8, 4) is 0 Å². The quantitative estimate of drug-likeness (QED) is 0.523. The average molecular weight is 443 g/mol. The Hall–Kier alpha value is -1.67. The molecule has 0 bridgehead atoms. The molecule has 1 heterocycles. The van der Waals surface area contributed by atoms with Crippen molar-refractivity contribution in [1.82, 2.24) is 5.32 Å². The Labute approximate surface area is 176 Å². The monoisotopic (exact) mass is 442 g/mol. The molecule has 0 atom stereocenters. The lowest BCUT2D eigenvalue weighted by atomic mass is 10.1. The Balaban J connectivity index is 1.76. The number of thiocarbonyl (C=S) groups is 1. The summed E-state index contributed by atoms with van der Waals surface area (Å²) >= 11 is 18.6. The van der Waals surface area contributed by atoms with E-state index in [2.05, 4.69) is 10.6 Å². The number of esters is 1. The molecule has 0 unspecified atom stereocenters. The Kier molecular flexibility index (Phi) is 6.37. The number of ether oxygens (including phenoxy) is 1. The number of amides is 1. The summed E-state index contributed by atoms with van der Waals surface area (Å²) in [6.45, 7) is 2.05. The molecule has 2 aromatic rings. The number of benzene rings is 1. The highest BCUT2D eigenvalue weighted by Crippen LogP contribution is 2.39. The van der Waals surface area contributed by atoms with Gasteiger partial charge in [0.15, 0.2) is 5.11 Å². The molecule has 0 fully saturated rings. The maximum absolute atomic E-state index is 12.4. The molecule has 9 heteroatoms. The van der Waals surface area contributed by atoms with Crippen molar-refractivity contribution in [2.75, 3.05) is 11.9 Å². The second-order valence-corrected chi connectivity index (χ2v) is 8.17. The molecular weight excluding hydrogens is 427 g/mol. The first-order valence-corrected chi connectivity index (χ1v) is 10.3. The van der Waals surface area contributed by atoms with Crippen LogP contribution in [0, 0.1) is 0 Å². The summed E-state index contributed by atoms with van der Waals surface area (Å²) < 4.78 is 5.18. The van der Waals surface area contributed by atoms with Crippen molar-refractivity contribution in [3.63, 3.8) is 0 Å². The second kappa shape index (κ2) is 8.56. The predicted octanol–water partition coefficient (Wildman–Crippen LogP) is 4.85. The molecule has 5 nitrogen and oxygen atoms in total. The molecule has 0 radical (unpaired) electrons. The summed E-state index contributed by atoms with van der Waals surface area (Å²) in [4.78, 5) is 25.9. The van der Waals surface area contributed by atoms with Gasteiger partial charge in [-0.1, -0.05) is 23.2 Å². The lowest BCUT2D eigenvalue weighted by Crippen LogP contribution is -2.34. The fraction of sp³-hybridized carbons (Fsp3) is 0.278. The highest BCUT2D eigenvalue weighted by atomic mass is 35.5. The number of hydrogen-bond acceptors (Lipinski definition) is 5. The van der Waals surface area contributed by atoms with E-state index >= 15 is 0 Å². The van der Waals surface area contributed by atoms with Gasteiger partial charge in [-0.3, -0.25) is 10.1 Å². The average Bonchev–Trinajstić information content (AvgIpc) is 3.15. The van der Waals surface area contributed by atoms with Gasteiger partial charge in [-0.05, 0) is 62.2 Å². The van der Waals surface area contributed by atoms with E-state index in [1.807, 2.05) is 0 Å². The number of halogens is 2. The van der Waals surface area contributed by atoms with Gasteiger partial charge < -0.3 is 10.1 Å². The number of carbonyl (C=O) groups is 2. The largest absolute Gasteiger partial charge is 0.462 e. The Bertz CT molecular complexity index is 928. The van der Waals surface area contributed by atoms with Crippen LogP contribution in [-0.2, 0) is 17.6 Å². The molecule has 1 aromatic carbocycles. The van der Waals surface area contributed by atoms with Gasteiger partial charge in [-0.2, -0.15) is 0 Å². The minimum atomic E-state index is -0.462. The molecule has 3 rings (SSSR count). The molecule has 0 saturated carbocycles. The van der Waals surface area contributed by atoms with Gasteiger partial charge in [-0.25, -0.2) is 4.79 Å². The summed E-state index contributed by atoms with van der Waals surface area (Å²) in [6.07, 6.45) is 2.78. The zero-order valence-electron chi connectivity index (χ0n) is 14.4. The van der Waals surface area contributed by atoms with Crippen molar-refractivity contribution in [2.24, 2.45) is 0 Å². The smallest absolute Gasteiger partial charge is 0.341 e. The number of nitrogens with one attached hydrogen (secondary N) is 2. The topological polar surface area (TPSA) is 67.4 Å². The Morgan fingerprint density at radius 3 is 2.78 bits per heavy atom. The van der Waals surface area contributed by atoms with E-state index in [4.69, 9.17) is 40.2 Å². The van der Waals surface area contributed by atoms with Gasteiger partial charge >= 0.3 is 5.97 Å². The molecule has 0 saturated heterocycles. The molecule has 0 aliphatic heterocycles. The summed E-state index contributed by atoms with van der Waals surface area (Å²) in [6, 6.07) is 4.57. The van der Waals surface area contributed by atoms with Gasteiger partial charge in [0.2, 0.25) is 0 Å². The van der Waals surface area contributed by atoms with Gasteiger partial charge in [-0.15, -0.1) is 11.3 Å². The van der Waals surface area contributed by atoms with Crippen LogP contribution in [0.1, 0.15) is 44.5 Å². The third kappa shape index (κ3) is 4.43. The third-order valence-corrected chi connectivity index (χ3v) is 5.99. The summed E-state index contributed by atoms with van der Waals surface area (Å²) in [5.41, 5.74) is 1.77. The lowest BCUT2D eigenvalue weighted by Gasteiger charge is -2.11. The Morgan fingerprint density at radius 1 is 1.30 bits per heavy atom. The van der Waals surface area contributed by atoms with Crippen LogP contribution in [0.25, 0.3) is 0 Å². The minimum absolute atomic E-state index is 0.0801. The first-order chi connectivity index (χ1) is 12.9. The van der Waals surface area contributed by atoms with Crippen LogP contribution in [0.4, 0.5) is 5.00 Å². The van der Waals surface area contributed by atoms with E-state index in [0.717, 1.165) is 29.7 Å². The molecule has 27 heavy (non-hydrogen) atoms. The third-order valence-electron chi connectivity index (χ3n) is 4.03. The number of fused-ring (bicyclic) bond motifs is 1. The van der Waals surface area contributed by atoms with E-state index in [1.54, 1.807) is 13.0 Å². The van der Waals surface area contributed by atoms with Crippen molar-refractivity contribution < 1.29 is 14.3 Å². The SMILES string of the molecule is CCOC(=O)c1c(NC(=S)NC(=O)c2ccc(Cl)cc2Cl)sc2c1CCC2. The fourth-order valence-corrected chi connectivity index (χ4v) is 4.93. The number of anilines is 1. The first kappa shape index (κ1) is 20.1. The van der Waals surface area contributed by atoms with Crippen molar-refractivity contribution in [2.45, 2.75) is 26.2 Å². The minimum Gasteiger partial charge on any atom is -0.462 e. The molecule has 2 N–H and O–H groups in total. The molecule has 142 valence electrons. The van der Waals surface area contributed by atoms with Crippen LogP contribution in [0.3, 0.4) is 0 Å². The molecule has 1 aromatic heterocycles. The van der Waals surface area contributed by atoms with Crippen molar-refractivity contribution in [3.05, 3.63) is 49.8 Å². The molecule has 1 amide bonds. The number of hydrogen-bond donors (Lipinski definition) is 2. The maximum atomic E-state index is 12.4. The number of thiophene rings is 1. The second-order valence-electron chi connectivity index (χ2n) is 5.81. The van der Waals surface area contributed by atoms with Gasteiger partial charge in [0, 0.05) is 9.90 Å². The molecule has 1 aliphatic carbocycles. The highest BCUT2D eigenvalue weighted by Gasteiger charge is 2.28. The molecule has 0 spiro atoms. The zero-order chi connectivity index (χ0) is 19.6. The van der Waals surface area contributed by atoms with Gasteiger partial charge in [0.05, 0.1) is 22.8 Å². The van der Waals surface area contributed by atoms with Crippen LogP contribution < -0.4 is 10.6 Å². The van der Waals surface area contributed by atoms with Crippen LogP contribution >= 0.6 is 46.8 Å². The van der Waals surface area contributed by atoms with Crippen LogP contribution in [0.2, 0.25) is 10.0 Å². The number of aryl methyl sites for hydroxylation is 1.